The van der Waals surface area contributed by atoms with Crippen LogP contribution in [0, 0.1) is 5.92 Å². The van der Waals surface area contributed by atoms with E-state index >= 15 is 0 Å². The van der Waals surface area contributed by atoms with Crippen molar-refractivity contribution in [2.24, 2.45) is 5.92 Å². The van der Waals surface area contributed by atoms with Gasteiger partial charge >= 0.3 is 0 Å². The molecular formula is C15H14O3. The fourth-order valence-electron chi connectivity index (χ4n) is 1.96. The van der Waals surface area contributed by atoms with Gasteiger partial charge in [0.2, 0.25) is 0 Å². The summed E-state index contributed by atoms with van der Waals surface area (Å²) < 4.78 is 5.08. The molecular weight excluding hydrogens is 228 g/mol. The topological polar surface area (TPSA) is 43.4 Å². The SMILES string of the molecule is C=CC(C)C1=CC(=O)c2ccc(OC)cc2C1=O. The van der Waals surface area contributed by atoms with E-state index in [4.69, 9.17) is 4.74 Å². The number of ketones is 2. The van der Waals surface area contributed by atoms with Gasteiger partial charge in [0.1, 0.15) is 5.75 Å². The molecule has 2 rings (SSSR count). The van der Waals surface area contributed by atoms with Gasteiger partial charge in [-0.2, -0.15) is 0 Å². The Morgan fingerprint density at radius 2 is 2.00 bits per heavy atom. The van der Waals surface area contributed by atoms with E-state index < -0.39 is 0 Å². The van der Waals surface area contributed by atoms with Gasteiger partial charge in [0.25, 0.3) is 0 Å². The lowest BCUT2D eigenvalue weighted by Crippen LogP contribution is -2.20. The van der Waals surface area contributed by atoms with Gasteiger partial charge in [-0.25, -0.2) is 0 Å². The van der Waals surface area contributed by atoms with Gasteiger partial charge in [0.05, 0.1) is 7.11 Å². The van der Waals surface area contributed by atoms with E-state index in [1.807, 2.05) is 6.92 Å². The van der Waals surface area contributed by atoms with E-state index in [1.54, 1.807) is 24.3 Å². The molecule has 1 aromatic carbocycles. The van der Waals surface area contributed by atoms with Crippen LogP contribution in [0.15, 0.2) is 42.5 Å². The second kappa shape index (κ2) is 4.61. The Kier molecular flexibility index (Phi) is 3.15. The van der Waals surface area contributed by atoms with Crippen molar-refractivity contribution in [3.05, 3.63) is 53.6 Å². The van der Waals surface area contributed by atoms with Crippen LogP contribution in [0.2, 0.25) is 0 Å². The predicted octanol–water partition coefficient (Wildman–Crippen LogP) is 2.82. The zero-order valence-corrected chi connectivity index (χ0v) is 10.4. The third kappa shape index (κ3) is 1.88. The number of carbonyl (C=O) groups is 2. The average Bonchev–Trinajstić information content (AvgIpc) is 2.41. The number of rotatable bonds is 3. The fourth-order valence-corrected chi connectivity index (χ4v) is 1.96. The first-order chi connectivity index (χ1) is 8.58. The molecule has 18 heavy (non-hydrogen) atoms. The molecule has 0 aliphatic heterocycles. The summed E-state index contributed by atoms with van der Waals surface area (Å²) >= 11 is 0. The molecule has 0 spiro atoms. The summed E-state index contributed by atoms with van der Waals surface area (Å²) in [5, 5.41) is 0. The standard InChI is InChI=1S/C15H14O3/c1-4-9(2)12-8-14(16)11-6-5-10(18-3)7-13(11)15(12)17/h4-9H,1H2,2-3H3. The molecule has 1 unspecified atom stereocenters. The molecule has 0 aromatic heterocycles. The first-order valence-corrected chi connectivity index (χ1v) is 5.69. The number of allylic oxidation sites excluding steroid dienone is 3. The normalized spacial score (nSPS) is 15.8. The second-order valence-corrected chi connectivity index (χ2v) is 4.23. The summed E-state index contributed by atoms with van der Waals surface area (Å²) in [7, 11) is 1.53. The highest BCUT2D eigenvalue weighted by Crippen LogP contribution is 2.28. The Labute approximate surface area is 106 Å². The van der Waals surface area contributed by atoms with Crippen molar-refractivity contribution in [2.45, 2.75) is 6.92 Å². The molecule has 0 bridgehead atoms. The van der Waals surface area contributed by atoms with Gasteiger partial charge in [-0.15, -0.1) is 6.58 Å². The molecule has 0 saturated carbocycles. The largest absolute Gasteiger partial charge is 0.497 e. The lowest BCUT2D eigenvalue weighted by atomic mass is 9.84. The molecule has 1 aromatic rings. The number of methoxy groups -OCH3 is 1. The molecule has 3 heteroatoms. The molecule has 1 aliphatic rings. The van der Waals surface area contributed by atoms with Gasteiger partial charge in [0.15, 0.2) is 11.6 Å². The first-order valence-electron chi connectivity index (χ1n) is 5.69. The molecule has 92 valence electrons. The van der Waals surface area contributed by atoms with E-state index in [-0.39, 0.29) is 17.5 Å². The van der Waals surface area contributed by atoms with Crippen LogP contribution in [0.5, 0.6) is 5.75 Å². The van der Waals surface area contributed by atoms with Crippen LogP contribution in [-0.2, 0) is 0 Å². The number of carbonyl (C=O) groups excluding carboxylic acids is 2. The van der Waals surface area contributed by atoms with Crippen molar-refractivity contribution in [2.75, 3.05) is 7.11 Å². The highest BCUT2D eigenvalue weighted by Gasteiger charge is 2.27. The van der Waals surface area contributed by atoms with Crippen LogP contribution < -0.4 is 4.74 Å². The van der Waals surface area contributed by atoms with Crippen molar-refractivity contribution in [3.8, 4) is 5.75 Å². The third-order valence-electron chi connectivity index (χ3n) is 3.13. The van der Waals surface area contributed by atoms with E-state index in [1.165, 1.54) is 13.2 Å². The summed E-state index contributed by atoms with van der Waals surface area (Å²) in [6.07, 6.45) is 3.06. The number of hydrogen-bond acceptors (Lipinski definition) is 3. The van der Waals surface area contributed by atoms with Crippen LogP contribution in [0.1, 0.15) is 27.6 Å². The number of Topliss-reactive ketones (excluding diaryl/α,β-unsaturated/α-hetero) is 1. The summed E-state index contributed by atoms with van der Waals surface area (Å²) in [4.78, 5) is 24.3. The van der Waals surface area contributed by atoms with E-state index in [0.717, 1.165) is 0 Å². The quantitative estimate of drug-likeness (QED) is 0.765. The number of fused-ring (bicyclic) bond motifs is 1. The fraction of sp³-hybridized carbons (Fsp3) is 0.200. The monoisotopic (exact) mass is 242 g/mol. The van der Waals surface area contributed by atoms with Gasteiger partial charge in [-0.1, -0.05) is 13.0 Å². The average molecular weight is 242 g/mol. The summed E-state index contributed by atoms with van der Waals surface area (Å²) in [5.41, 5.74) is 1.32. The molecule has 0 N–H and O–H groups in total. The van der Waals surface area contributed by atoms with E-state index in [2.05, 4.69) is 6.58 Å². The van der Waals surface area contributed by atoms with Crippen molar-refractivity contribution in [1.82, 2.24) is 0 Å². The Balaban J connectivity index is 2.55. The maximum Gasteiger partial charge on any atom is 0.190 e. The smallest absolute Gasteiger partial charge is 0.190 e. The Bertz CT molecular complexity index is 567. The van der Waals surface area contributed by atoms with Crippen LogP contribution in [0.3, 0.4) is 0 Å². The number of benzene rings is 1. The highest BCUT2D eigenvalue weighted by atomic mass is 16.5. The molecule has 0 amide bonds. The first kappa shape index (κ1) is 12.3. The van der Waals surface area contributed by atoms with Crippen LogP contribution >= 0.6 is 0 Å². The van der Waals surface area contributed by atoms with Gasteiger partial charge in [-0.3, -0.25) is 9.59 Å². The highest BCUT2D eigenvalue weighted by molar-refractivity contribution is 6.24. The van der Waals surface area contributed by atoms with Crippen LogP contribution in [0.4, 0.5) is 0 Å². The molecule has 0 radical (unpaired) electrons. The van der Waals surface area contributed by atoms with Gasteiger partial charge in [-0.05, 0) is 24.3 Å². The van der Waals surface area contributed by atoms with Crippen molar-refractivity contribution in [3.63, 3.8) is 0 Å². The second-order valence-electron chi connectivity index (χ2n) is 4.23. The number of ether oxygens (including phenoxy) is 1. The predicted molar refractivity (Wildman–Crippen MR) is 69.1 cm³/mol. The van der Waals surface area contributed by atoms with Crippen LogP contribution in [0.25, 0.3) is 0 Å². The minimum absolute atomic E-state index is 0.129. The Morgan fingerprint density at radius 1 is 1.28 bits per heavy atom. The molecule has 0 heterocycles. The van der Waals surface area contributed by atoms with Crippen molar-refractivity contribution in [1.29, 1.82) is 0 Å². The molecule has 0 fully saturated rings. The van der Waals surface area contributed by atoms with Gasteiger partial charge in [0, 0.05) is 22.6 Å². The van der Waals surface area contributed by atoms with Gasteiger partial charge < -0.3 is 4.74 Å². The Morgan fingerprint density at radius 3 is 2.61 bits per heavy atom. The minimum atomic E-state index is -0.143. The maximum absolute atomic E-state index is 12.3. The lowest BCUT2D eigenvalue weighted by Gasteiger charge is -2.18. The molecule has 0 saturated heterocycles. The van der Waals surface area contributed by atoms with E-state index in [9.17, 15) is 9.59 Å². The molecule has 1 aliphatic carbocycles. The zero-order chi connectivity index (χ0) is 13.3. The zero-order valence-electron chi connectivity index (χ0n) is 10.4. The Hall–Kier alpha value is -2.16. The van der Waals surface area contributed by atoms with E-state index in [0.29, 0.717) is 22.4 Å². The summed E-state index contributed by atoms with van der Waals surface area (Å²) in [5.74, 6) is 0.162. The summed E-state index contributed by atoms with van der Waals surface area (Å²) in [6.45, 7) is 5.50. The van der Waals surface area contributed by atoms with Crippen LogP contribution in [-0.4, -0.2) is 18.7 Å². The molecule has 1 atom stereocenters. The number of hydrogen-bond donors (Lipinski definition) is 0. The van der Waals surface area contributed by atoms with Crippen molar-refractivity contribution < 1.29 is 14.3 Å². The maximum atomic E-state index is 12.3. The molecule has 3 nitrogen and oxygen atoms in total. The lowest BCUT2D eigenvalue weighted by molar-refractivity contribution is 0.0978. The minimum Gasteiger partial charge on any atom is -0.497 e. The van der Waals surface area contributed by atoms with Crippen molar-refractivity contribution >= 4 is 11.6 Å². The third-order valence-corrected chi connectivity index (χ3v) is 3.13. The summed E-state index contributed by atoms with van der Waals surface area (Å²) in [6, 6.07) is 4.92.